The van der Waals surface area contributed by atoms with Gasteiger partial charge in [-0.1, -0.05) is 6.07 Å². The number of hydrogen-bond acceptors (Lipinski definition) is 3. The molecule has 32 heavy (non-hydrogen) atoms. The highest BCUT2D eigenvalue weighted by atomic mass is 19.3. The Kier molecular flexibility index (Phi) is 4.18. The van der Waals surface area contributed by atoms with Crippen LogP contribution in [-0.2, 0) is 4.79 Å². The van der Waals surface area contributed by atoms with E-state index in [0.717, 1.165) is 46.4 Å². The van der Waals surface area contributed by atoms with Crippen molar-refractivity contribution in [1.29, 1.82) is 0 Å². The van der Waals surface area contributed by atoms with E-state index >= 15 is 0 Å². The number of aromatic amines is 1. The molecule has 1 aliphatic carbocycles. The Morgan fingerprint density at radius 1 is 1.09 bits per heavy atom. The zero-order valence-electron chi connectivity index (χ0n) is 17.4. The highest BCUT2D eigenvalue weighted by Crippen LogP contribution is 2.54. The number of fused-ring (bicyclic) bond motifs is 1. The third kappa shape index (κ3) is 2.93. The van der Waals surface area contributed by atoms with Crippen LogP contribution in [0, 0.1) is 18.8 Å². The molecule has 6 rings (SSSR count). The molecule has 0 radical (unpaired) electrons. The van der Waals surface area contributed by atoms with Crippen LogP contribution in [0.2, 0.25) is 0 Å². The maximum Gasteiger partial charge on any atom is 0.281 e. The molecule has 2 aromatic carbocycles. The Labute approximate surface area is 182 Å². The molecule has 2 aliphatic rings. The molecular formula is C24H21F2N5O. The summed E-state index contributed by atoms with van der Waals surface area (Å²) in [5, 5.41) is 0. The highest BCUT2D eigenvalue weighted by molar-refractivity contribution is 6.04. The lowest BCUT2D eigenvalue weighted by atomic mass is 9.77. The van der Waals surface area contributed by atoms with Gasteiger partial charge >= 0.3 is 0 Å². The van der Waals surface area contributed by atoms with Gasteiger partial charge in [-0.05, 0) is 67.1 Å². The van der Waals surface area contributed by atoms with E-state index in [1.807, 2.05) is 48.2 Å². The molecule has 0 spiro atoms. The number of rotatable bonds is 5. The minimum Gasteiger partial charge on any atom is -0.345 e. The van der Waals surface area contributed by atoms with Crippen LogP contribution >= 0.6 is 0 Å². The van der Waals surface area contributed by atoms with Gasteiger partial charge < -0.3 is 14.5 Å². The first-order valence-corrected chi connectivity index (χ1v) is 10.7. The number of aromatic nitrogens is 4. The first kappa shape index (κ1) is 19.2. The number of hydrogen-bond donors (Lipinski definition) is 1. The van der Waals surface area contributed by atoms with Crippen LogP contribution < -0.4 is 4.90 Å². The van der Waals surface area contributed by atoms with Crippen molar-refractivity contribution in [1.82, 2.24) is 19.5 Å². The van der Waals surface area contributed by atoms with Crippen molar-refractivity contribution in [3.05, 3.63) is 72.1 Å². The average Bonchev–Trinajstić information content (AvgIpc) is 3.26. The minimum absolute atomic E-state index is 0.0203. The Hall–Kier alpha value is -3.55. The van der Waals surface area contributed by atoms with Crippen molar-refractivity contribution in [2.24, 2.45) is 11.8 Å². The second kappa shape index (κ2) is 6.98. The number of nitrogens with zero attached hydrogens (tertiary/aromatic N) is 4. The zero-order valence-corrected chi connectivity index (χ0v) is 17.4. The van der Waals surface area contributed by atoms with E-state index in [0.29, 0.717) is 5.92 Å². The van der Waals surface area contributed by atoms with E-state index in [9.17, 15) is 13.6 Å². The summed E-state index contributed by atoms with van der Waals surface area (Å²) in [6, 6.07) is 11.7. The topological polar surface area (TPSA) is 66.8 Å². The average molecular weight is 433 g/mol. The number of carbonyl (C=O) groups is 1. The van der Waals surface area contributed by atoms with E-state index in [2.05, 4.69) is 15.0 Å². The number of amides is 1. The normalized spacial score (nSPS) is 20.9. The van der Waals surface area contributed by atoms with Gasteiger partial charge in [0.1, 0.15) is 5.69 Å². The monoisotopic (exact) mass is 433 g/mol. The number of benzene rings is 2. The third-order valence-corrected chi connectivity index (χ3v) is 6.65. The summed E-state index contributed by atoms with van der Waals surface area (Å²) >= 11 is 0. The molecule has 6 nitrogen and oxygen atoms in total. The van der Waals surface area contributed by atoms with E-state index in [4.69, 9.17) is 0 Å². The van der Waals surface area contributed by atoms with Crippen molar-refractivity contribution in [3.8, 4) is 5.69 Å². The molecule has 2 fully saturated rings. The van der Waals surface area contributed by atoms with Crippen molar-refractivity contribution >= 4 is 22.6 Å². The molecule has 2 atom stereocenters. The van der Waals surface area contributed by atoms with Crippen LogP contribution in [0.15, 0.2) is 55.2 Å². The van der Waals surface area contributed by atoms with Crippen LogP contribution in [0.25, 0.3) is 16.7 Å². The molecule has 1 aliphatic heterocycles. The number of carbonyl (C=O) groups excluding carboxylic acids is 1. The predicted octanol–water partition coefficient (Wildman–Crippen LogP) is 5.11. The Morgan fingerprint density at radius 3 is 2.62 bits per heavy atom. The molecule has 3 heterocycles. The lowest BCUT2D eigenvalue weighted by Gasteiger charge is -2.48. The van der Waals surface area contributed by atoms with Crippen molar-refractivity contribution in [2.45, 2.75) is 32.2 Å². The number of H-pyrrole nitrogens is 1. The Morgan fingerprint density at radius 2 is 1.91 bits per heavy atom. The van der Waals surface area contributed by atoms with E-state index in [-0.39, 0.29) is 23.6 Å². The first-order chi connectivity index (χ1) is 15.5. The Bertz CT molecular complexity index is 1340. The summed E-state index contributed by atoms with van der Waals surface area (Å²) in [6.07, 6.45) is 3.97. The molecule has 2 aromatic heterocycles. The minimum atomic E-state index is -2.60. The second-order valence-corrected chi connectivity index (χ2v) is 8.67. The largest absolute Gasteiger partial charge is 0.345 e. The Balaban J connectivity index is 1.37. The molecule has 1 amide bonds. The summed E-state index contributed by atoms with van der Waals surface area (Å²) in [7, 11) is 0. The van der Waals surface area contributed by atoms with Gasteiger partial charge in [0.25, 0.3) is 6.43 Å². The maximum absolute atomic E-state index is 13.2. The highest BCUT2D eigenvalue weighted by Gasteiger charge is 2.55. The van der Waals surface area contributed by atoms with E-state index in [1.54, 1.807) is 10.9 Å². The number of imidazole rings is 2. The summed E-state index contributed by atoms with van der Waals surface area (Å²) in [5.74, 6) is 0.569. The standard InChI is InChI=1S/C24H21F2N5O/c1-13-8-15(30-10-20(23(25)26)29-12-30)4-6-17(13)22-21(14-2-3-14)24(32)31(22)16-5-7-18-19(9-16)28-11-27-18/h4-12,14,21-23H,2-3H2,1H3,(H,27,28)/t21-,22+/m0/s1. The second-order valence-electron chi connectivity index (χ2n) is 8.67. The molecule has 4 aromatic rings. The van der Waals surface area contributed by atoms with Crippen molar-refractivity contribution < 1.29 is 13.6 Å². The molecule has 0 unspecified atom stereocenters. The summed E-state index contributed by atoms with van der Waals surface area (Å²) < 4.78 is 27.4. The van der Waals surface area contributed by atoms with Gasteiger partial charge in [0, 0.05) is 17.6 Å². The molecular weight excluding hydrogens is 412 g/mol. The van der Waals surface area contributed by atoms with Gasteiger partial charge in [-0.2, -0.15) is 0 Å². The summed E-state index contributed by atoms with van der Waals surface area (Å²) in [4.78, 5) is 26.3. The molecule has 0 bridgehead atoms. The van der Waals surface area contributed by atoms with Crippen LogP contribution in [0.3, 0.4) is 0 Å². The fourth-order valence-corrected chi connectivity index (χ4v) is 4.86. The van der Waals surface area contributed by atoms with Crippen LogP contribution in [0.1, 0.15) is 42.1 Å². The molecule has 162 valence electrons. The van der Waals surface area contributed by atoms with Gasteiger partial charge in [-0.25, -0.2) is 18.7 Å². The quantitative estimate of drug-likeness (QED) is 0.445. The predicted molar refractivity (Wildman–Crippen MR) is 116 cm³/mol. The number of anilines is 1. The van der Waals surface area contributed by atoms with E-state index < -0.39 is 6.43 Å². The van der Waals surface area contributed by atoms with Crippen molar-refractivity contribution in [3.63, 3.8) is 0 Å². The molecule has 8 heteroatoms. The van der Waals surface area contributed by atoms with Crippen LogP contribution in [0.4, 0.5) is 14.5 Å². The molecule has 1 N–H and O–H groups in total. The fourth-order valence-electron chi connectivity index (χ4n) is 4.86. The number of β-lactam (4-membered cyclic amide) rings is 1. The van der Waals surface area contributed by atoms with Gasteiger partial charge in [0.2, 0.25) is 5.91 Å². The lowest BCUT2D eigenvalue weighted by molar-refractivity contribution is -0.131. The van der Waals surface area contributed by atoms with E-state index in [1.165, 1.54) is 12.5 Å². The van der Waals surface area contributed by atoms with Gasteiger partial charge in [-0.15, -0.1) is 0 Å². The van der Waals surface area contributed by atoms with Gasteiger partial charge in [0.05, 0.1) is 35.6 Å². The maximum atomic E-state index is 13.2. The molecule has 1 saturated carbocycles. The van der Waals surface area contributed by atoms with Crippen LogP contribution in [-0.4, -0.2) is 25.4 Å². The van der Waals surface area contributed by atoms with Gasteiger partial charge in [-0.3, -0.25) is 4.79 Å². The number of aryl methyl sites for hydroxylation is 1. The first-order valence-electron chi connectivity index (χ1n) is 10.7. The SMILES string of the molecule is Cc1cc(-n2cnc(C(F)F)c2)ccc1[C@@H]1[C@H](C2CC2)C(=O)N1c1ccc2[nH]cnc2c1. The zero-order chi connectivity index (χ0) is 22.0. The van der Waals surface area contributed by atoms with Crippen molar-refractivity contribution in [2.75, 3.05) is 4.90 Å². The third-order valence-electron chi connectivity index (χ3n) is 6.65. The number of alkyl halides is 2. The summed E-state index contributed by atoms with van der Waals surface area (Å²) in [5.41, 5.74) is 5.22. The van der Waals surface area contributed by atoms with Crippen LogP contribution in [0.5, 0.6) is 0 Å². The smallest absolute Gasteiger partial charge is 0.281 e. The summed E-state index contributed by atoms with van der Waals surface area (Å²) in [6.45, 7) is 2.01. The number of nitrogens with one attached hydrogen (secondary N) is 1. The molecule has 1 saturated heterocycles. The van der Waals surface area contributed by atoms with Gasteiger partial charge in [0.15, 0.2) is 0 Å². The number of halogens is 2. The fraction of sp³-hybridized carbons (Fsp3) is 0.292. The lowest BCUT2D eigenvalue weighted by Crippen LogP contribution is -2.56.